The molecular weight excluding hydrogens is 378 g/mol. The summed E-state index contributed by atoms with van der Waals surface area (Å²) in [6.45, 7) is 1.38. The molecule has 1 aliphatic carbocycles. The van der Waals surface area contributed by atoms with Gasteiger partial charge in [-0.15, -0.1) is 0 Å². The number of fused-ring (bicyclic) bond motifs is 2. The molecule has 1 aromatic carbocycles. The van der Waals surface area contributed by atoms with Gasteiger partial charge in [0.25, 0.3) is 0 Å². The normalized spacial score (nSPS) is 27.8. The summed E-state index contributed by atoms with van der Waals surface area (Å²) in [5, 5.41) is 13.9. The van der Waals surface area contributed by atoms with E-state index >= 15 is 0 Å². The number of carbonyl (C=O) groups is 2. The highest BCUT2D eigenvalue weighted by Gasteiger charge is 2.49. The molecule has 5 rings (SSSR count). The molecule has 2 fully saturated rings. The predicted octanol–water partition coefficient (Wildman–Crippen LogP) is 2.74. The first-order chi connectivity index (χ1) is 14.5. The van der Waals surface area contributed by atoms with Crippen LogP contribution in [0.5, 0.6) is 0 Å². The van der Waals surface area contributed by atoms with Gasteiger partial charge in [-0.25, -0.2) is 4.98 Å². The summed E-state index contributed by atoms with van der Waals surface area (Å²) in [5.74, 6) is 1.28. The van der Waals surface area contributed by atoms with Crippen LogP contribution in [0.25, 0.3) is 6.08 Å². The van der Waals surface area contributed by atoms with E-state index in [1.54, 1.807) is 18.3 Å². The van der Waals surface area contributed by atoms with Gasteiger partial charge in [0.05, 0.1) is 5.60 Å². The van der Waals surface area contributed by atoms with Gasteiger partial charge in [-0.3, -0.25) is 9.59 Å². The molecule has 0 radical (unpaired) electrons. The average Bonchev–Trinajstić information content (AvgIpc) is 3.28. The molecule has 154 valence electrons. The van der Waals surface area contributed by atoms with Gasteiger partial charge in [-0.1, -0.05) is 30.3 Å². The zero-order valence-corrected chi connectivity index (χ0v) is 16.8. The molecule has 3 aliphatic rings. The number of hydrogen-bond donors (Lipinski definition) is 2. The molecule has 3 atom stereocenters. The van der Waals surface area contributed by atoms with Crippen molar-refractivity contribution in [3.05, 3.63) is 65.4 Å². The Labute approximate surface area is 175 Å². The van der Waals surface area contributed by atoms with Crippen molar-refractivity contribution < 1.29 is 14.7 Å². The van der Waals surface area contributed by atoms with E-state index in [9.17, 15) is 14.7 Å². The molecule has 2 aromatic rings. The summed E-state index contributed by atoms with van der Waals surface area (Å²) in [6.07, 6.45) is 7.62. The fourth-order valence-electron chi connectivity index (χ4n) is 5.15. The third-order valence-corrected chi connectivity index (χ3v) is 6.68. The minimum Gasteiger partial charge on any atom is -0.385 e. The fraction of sp³-hybridized carbons (Fsp3) is 0.375. The van der Waals surface area contributed by atoms with Gasteiger partial charge in [0, 0.05) is 31.8 Å². The SMILES string of the molecule is O=C1CCc2cc(C=CC(=O)N3C[C@@H]4CC(O)(c5ccccc5)C[C@@H]4C3)cnc2N1. The minimum atomic E-state index is -0.772. The van der Waals surface area contributed by atoms with Crippen LogP contribution in [-0.4, -0.2) is 39.9 Å². The van der Waals surface area contributed by atoms with E-state index in [-0.39, 0.29) is 11.8 Å². The van der Waals surface area contributed by atoms with Crippen molar-refractivity contribution in [2.24, 2.45) is 11.8 Å². The van der Waals surface area contributed by atoms with E-state index in [1.165, 1.54) is 0 Å². The maximum absolute atomic E-state index is 12.7. The molecule has 30 heavy (non-hydrogen) atoms. The molecule has 1 unspecified atom stereocenters. The lowest BCUT2D eigenvalue weighted by Gasteiger charge is -2.26. The Morgan fingerprint density at radius 1 is 1.17 bits per heavy atom. The topological polar surface area (TPSA) is 82.5 Å². The second kappa shape index (κ2) is 7.36. The average molecular weight is 403 g/mol. The van der Waals surface area contributed by atoms with Crippen LogP contribution in [0.4, 0.5) is 5.82 Å². The van der Waals surface area contributed by atoms with Gasteiger partial charge in [-0.2, -0.15) is 0 Å². The lowest BCUT2D eigenvalue weighted by Crippen LogP contribution is -2.31. The van der Waals surface area contributed by atoms with Crippen molar-refractivity contribution in [3.63, 3.8) is 0 Å². The van der Waals surface area contributed by atoms with E-state index in [0.29, 0.717) is 56.4 Å². The Kier molecular flexibility index (Phi) is 4.66. The van der Waals surface area contributed by atoms with E-state index < -0.39 is 5.60 Å². The molecule has 1 aromatic heterocycles. The van der Waals surface area contributed by atoms with Gasteiger partial charge < -0.3 is 15.3 Å². The quantitative estimate of drug-likeness (QED) is 0.772. The Morgan fingerprint density at radius 2 is 1.90 bits per heavy atom. The van der Waals surface area contributed by atoms with Crippen molar-refractivity contribution in [2.45, 2.75) is 31.3 Å². The highest BCUT2D eigenvalue weighted by atomic mass is 16.3. The molecule has 1 saturated heterocycles. The van der Waals surface area contributed by atoms with Crippen molar-refractivity contribution in [2.75, 3.05) is 18.4 Å². The van der Waals surface area contributed by atoms with Crippen LogP contribution in [0.1, 0.15) is 36.0 Å². The van der Waals surface area contributed by atoms with Gasteiger partial charge in [0.1, 0.15) is 5.82 Å². The standard InChI is InChI=1S/C24H25N3O3/c28-21-8-7-17-10-16(13-25-23(17)26-21)6-9-22(29)27-14-18-11-24(30,12-19(18)15-27)20-4-2-1-3-5-20/h1-6,9-10,13,18-19,30H,7-8,11-12,14-15H2,(H,25,26,28)/t18-,19+,24?. The van der Waals surface area contributed by atoms with Crippen LogP contribution in [0.2, 0.25) is 0 Å². The fourth-order valence-corrected chi connectivity index (χ4v) is 5.15. The highest BCUT2D eigenvalue weighted by molar-refractivity contribution is 5.94. The highest BCUT2D eigenvalue weighted by Crippen LogP contribution is 2.48. The molecule has 2 N–H and O–H groups in total. The number of amides is 2. The van der Waals surface area contributed by atoms with Crippen LogP contribution in [-0.2, 0) is 21.6 Å². The molecular formula is C24H25N3O3. The van der Waals surface area contributed by atoms with Crippen LogP contribution in [0, 0.1) is 11.8 Å². The zero-order valence-electron chi connectivity index (χ0n) is 16.8. The molecule has 6 nitrogen and oxygen atoms in total. The third-order valence-electron chi connectivity index (χ3n) is 6.68. The summed E-state index contributed by atoms with van der Waals surface area (Å²) >= 11 is 0. The number of carbonyl (C=O) groups excluding carboxylic acids is 2. The maximum atomic E-state index is 12.7. The van der Waals surface area contributed by atoms with Gasteiger partial charge in [-0.05, 0) is 59.9 Å². The van der Waals surface area contributed by atoms with E-state index in [0.717, 1.165) is 16.7 Å². The molecule has 2 amide bonds. The zero-order chi connectivity index (χ0) is 20.7. The lowest BCUT2D eigenvalue weighted by molar-refractivity contribution is -0.125. The number of aromatic nitrogens is 1. The van der Waals surface area contributed by atoms with Crippen molar-refractivity contribution in [1.82, 2.24) is 9.88 Å². The van der Waals surface area contributed by atoms with Crippen molar-refractivity contribution in [1.29, 1.82) is 0 Å². The number of aliphatic hydroxyl groups is 1. The number of rotatable bonds is 3. The predicted molar refractivity (Wildman–Crippen MR) is 113 cm³/mol. The van der Waals surface area contributed by atoms with Crippen LogP contribution >= 0.6 is 0 Å². The molecule has 2 aliphatic heterocycles. The molecule has 0 bridgehead atoms. The number of likely N-dealkylation sites (tertiary alicyclic amines) is 1. The van der Waals surface area contributed by atoms with Gasteiger partial charge >= 0.3 is 0 Å². The number of hydrogen-bond acceptors (Lipinski definition) is 4. The Hall–Kier alpha value is -2.99. The Bertz CT molecular complexity index is 1000. The second-order valence-corrected chi connectivity index (χ2v) is 8.73. The second-order valence-electron chi connectivity index (χ2n) is 8.73. The Balaban J connectivity index is 1.22. The summed E-state index contributed by atoms with van der Waals surface area (Å²) in [7, 11) is 0. The number of anilines is 1. The van der Waals surface area contributed by atoms with E-state index in [4.69, 9.17) is 0 Å². The van der Waals surface area contributed by atoms with Gasteiger partial charge in [0.15, 0.2) is 0 Å². The number of nitrogens with one attached hydrogen (secondary N) is 1. The summed E-state index contributed by atoms with van der Waals surface area (Å²) < 4.78 is 0. The molecule has 1 saturated carbocycles. The largest absolute Gasteiger partial charge is 0.385 e. The lowest BCUT2D eigenvalue weighted by atomic mass is 9.90. The van der Waals surface area contributed by atoms with Crippen molar-refractivity contribution in [3.8, 4) is 0 Å². The van der Waals surface area contributed by atoms with Crippen LogP contribution in [0.3, 0.4) is 0 Å². The van der Waals surface area contributed by atoms with Crippen molar-refractivity contribution >= 4 is 23.7 Å². The van der Waals surface area contributed by atoms with E-state index in [1.807, 2.05) is 41.3 Å². The first-order valence-electron chi connectivity index (χ1n) is 10.5. The first-order valence-corrected chi connectivity index (χ1v) is 10.5. The van der Waals surface area contributed by atoms with Crippen LogP contribution < -0.4 is 5.32 Å². The Morgan fingerprint density at radius 3 is 2.63 bits per heavy atom. The van der Waals surface area contributed by atoms with Gasteiger partial charge in [0.2, 0.25) is 11.8 Å². The monoisotopic (exact) mass is 403 g/mol. The van der Waals surface area contributed by atoms with Crippen LogP contribution in [0.15, 0.2) is 48.7 Å². The molecule has 0 spiro atoms. The summed E-state index contributed by atoms with van der Waals surface area (Å²) in [6, 6.07) is 11.8. The number of aryl methyl sites for hydroxylation is 1. The molecule has 6 heteroatoms. The summed E-state index contributed by atoms with van der Waals surface area (Å²) in [4.78, 5) is 30.3. The number of nitrogens with zero attached hydrogens (tertiary/aromatic N) is 2. The number of benzene rings is 1. The molecule has 3 heterocycles. The summed E-state index contributed by atoms with van der Waals surface area (Å²) in [5.41, 5.74) is 2.07. The van der Waals surface area contributed by atoms with E-state index in [2.05, 4.69) is 10.3 Å². The smallest absolute Gasteiger partial charge is 0.246 e. The first kappa shape index (κ1) is 19.0. The minimum absolute atomic E-state index is 0.00123. The third kappa shape index (κ3) is 3.52. The maximum Gasteiger partial charge on any atom is 0.246 e. The number of pyridine rings is 1.